The van der Waals surface area contributed by atoms with E-state index in [0.717, 1.165) is 29.3 Å². The van der Waals surface area contributed by atoms with Crippen LogP contribution in [0.1, 0.15) is 31.7 Å². The highest BCUT2D eigenvalue weighted by Gasteiger charge is 2.11. The van der Waals surface area contributed by atoms with Gasteiger partial charge < -0.3 is 10.1 Å². The molecule has 0 aliphatic rings. The second-order valence-corrected chi connectivity index (χ2v) is 5.91. The molecule has 22 heavy (non-hydrogen) atoms. The summed E-state index contributed by atoms with van der Waals surface area (Å²) in [6.45, 7) is 2.22. The van der Waals surface area contributed by atoms with Crippen LogP contribution in [0.25, 0.3) is 0 Å². The number of halogens is 1. The summed E-state index contributed by atoms with van der Waals surface area (Å²) in [5.74, 6) is 0.877. The van der Waals surface area contributed by atoms with Gasteiger partial charge >= 0.3 is 0 Å². The number of nitrogens with one attached hydrogen (secondary N) is 1. The van der Waals surface area contributed by atoms with Crippen LogP contribution >= 0.6 is 11.6 Å². The van der Waals surface area contributed by atoms with Crippen molar-refractivity contribution in [3.63, 3.8) is 0 Å². The third-order valence-electron chi connectivity index (χ3n) is 3.79. The number of hydrogen-bond donors (Lipinski definition) is 1. The summed E-state index contributed by atoms with van der Waals surface area (Å²) in [5, 5.41) is 4.47. The molecular weight excluding hydrogens is 294 g/mol. The van der Waals surface area contributed by atoms with Crippen LogP contribution < -0.4 is 10.1 Å². The first-order valence-corrected chi connectivity index (χ1v) is 8.24. The van der Waals surface area contributed by atoms with Crippen molar-refractivity contribution in [1.29, 1.82) is 0 Å². The average Bonchev–Trinajstić information content (AvgIpc) is 2.55. The second kappa shape index (κ2) is 8.70. The molecule has 0 aliphatic heterocycles. The number of ether oxygens (including phenoxy) is 1. The van der Waals surface area contributed by atoms with E-state index >= 15 is 0 Å². The van der Waals surface area contributed by atoms with Crippen LogP contribution in [0.4, 0.5) is 5.69 Å². The molecular formula is C19H24ClNO. The van der Waals surface area contributed by atoms with E-state index in [0.29, 0.717) is 6.04 Å². The Morgan fingerprint density at radius 2 is 1.82 bits per heavy atom. The van der Waals surface area contributed by atoms with Gasteiger partial charge in [-0.25, -0.2) is 0 Å². The predicted octanol–water partition coefficient (Wildman–Crippen LogP) is 5.56. The summed E-state index contributed by atoms with van der Waals surface area (Å²) in [6, 6.07) is 16.6. The third-order valence-corrected chi connectivity index (χ3v) is 4.16. The fourth-order valence-electron chi connectivity index (χ4n) is 2.53. The van der Waals surface area contributed by atoms with Crippen molar-refractivity contribution in [3.05, 3.63) is 59.1 Å². The number of anilines is 1. The predicted molar refractivity (Wildman–Crippen MR) is 95.1 cm³/mol. The van der Waals surface area contributed by atoms with Crippen LogP contribution in [0, 0.1) is 0 Å². The molecule has 0 spiro atoms. The molecule has 0 bridgehead atoms. The molecule has 0 heterocycles. The first kappa shape index (κ1) is 16.7. The number of methoxy groups -OCH3 is 1. The van der Waals surface area contributed by atoms with E-state index < -0.39 is 0 Å². The van der Waals surface area contributed by atoms with Gasteiger partial charge in [0.1, 0.15) is 5.75 Å². The molecule has 0 radical (unpaired) electrons. The highest BCUT2D eigenvalue weighted by Crippen LogP contribution is 2.22. The molecule has 3 heteroatoms. The Labute approximate surface area is 138 Å². The Hall–Kier alpha value is -1.67. The summed E-state index contributed by atoms with van der Waals surface area (Å²) in [5.41, 5.74) is 2.32. The zero-order valence-corrected chi connectivity index (χ0v) is 14.1. The molecule has 2 aromatic rings. The third kappa shape index (κ3) is 4.96. The Kier molecular flexibility index (Phi) is 6.60. The lowest BCUT2D eigenvalue weighted by molar-refractivity contribution is 0.415. The minimum atomic E-state index is 0.383. The van der Waals surface area contributed by atoms with Gasteiger partial charge in [-0.2, -0.15) is 0 Å². The molecule has 2 aromatic carbocycles. The van der Waals surface area contributed by atoms with Crippen LogP contribution in [0.15, 0.2) is 48.5 Å². The fraction of sp³-hybridized carbons (Fsp3) is 0.368. The van der Waals surface area contributed by atoms with Crippen molar-refractivity contribution in [1.82, 2.24) is 0 Å². The van der Waals surface area contributed by atoms with E-state index in [1.165, 1.54) is 18.4 Å². The van der Waals surface area contributed by atoms with E-state index in [-0.39, 0.29) is 0 Å². The number of rotatable bonds is 8. The zero-order chi connectivity index (χ0) is 15.8. The van der Waals surface area contributed by atoms with Crippen LogP contribution in [-0.4, -0.2) is 13.2 Å². The lowest BCUT2D eigenvalue weighted by Crippen LogP contribution is -2.22. The van der Waals surface area contributed by atoms with Crippen LogP contribution in [-0.2, 0) is 6.42 Å². The Morgan fingerprint density at radius 3 is 2.45 bits per heavy atom. The van der Waals surface area contributed by atoms with Gasteiger partial charge in [-0.05, 0) is 48.7 Å². The first-order chi connectivity index (χ1) is 10.7. The van der Waals surface area contributed by atoms with Crippen molar-refractivity contribution in [3.8, 4) is 5.75 Å². The Balaban J connectivity index is 2.06. The maximum absolute atomic E-state index is 6.30. The summed E-state index contributed by atoms with van der Waals surface area (Å²) >= 11 is 6.30. The number of benzene rings is 2. The summed E-state index contributed by atoms with van der Waals surface area (Å²) in [7, 11) is 1.68. The minimum Gasteiger partial charge on any atom is -0.497 e. The lowest BCUT2D eigenvalue weighted by atomic mass is 10.0. The first-order valence-electron chi connectivity index (χ1n) is 7.87. The molecule has 2 nitrogen and oxygen atoms in total. The van der Waals surface area contributed by atoms with Gasteiger partial charge in [0.2, 0.25) is 0 Å². The van der Waals surface area contributed by atoms with Gasteiger partial charge in [0, 0.05) is 16.8 Å². The van der Waals surface area contributed by atoms with E-state index in [1.807, 2.05) is 30.3 Å². The standard InChI is InChI=1S/C19H24ClNO/c1-3-4-8-17(14-15-7-5-6-9-19(15)20)21-16-10-12-18(22-2)13-11-16/h5-7,9-13,17,21H,3-4,8,14H2,1-2H3/t17-/m1/s1. The maximum atomic E-state index is 6.30. The van der Waals surface area contributed by atoms with Crippen LogP contribution in [0.5, 0.6) is 5.75 Å². The van der Waals surface area contributed by atoms with E-state index in [9.17, 15) is 0 Å². The number of hydrogen-bond acceptors (Lipinski definition) is 2. The highest BCUT2D eigenvalue weighted by atomic mass is 35.5. The molecule has 0 aromatic heterocycles. The van der Waals surface area contributed by atoms with Crippen LogP contribution in [0.3, 0.4) is 0 Å². The molecule has 0 aliphatic carbocycles. The normalized spacial score (nSPS) is 12.0. The summed E-state index contributed by atoms with van der Waals surface area (Å²) in [6.07, 6.45) is 4.47. The molecule has 0 saturated heterocycles. The zero-order valence-electron chi connectivity index (χ0n) is 13.3. The quantitative estimate of drug-likeness (QED) is 0.688. The van der Waals surface area contributed by atoms with E-state index in [4.69, 9.17) is 16.3 Å². The average molecular weight is 318 g/mol. The topological polar surface area (TPSA) is 21.3 Å². The van der Waals surface area contributed by atoms with Crippen molar-refractivity contribution in [2.45, 2.75) is 38.6 Å². The fourth-order valence-corrected chi connectivity index (χ4v) is 2.74. The minimum absolute atomic E-state index is 0.383. The Bertz CT molecular complexity index is 568. The smallest absolute Gasteiger partial charge is 0.119 e. The summed E-state index contributed by atoms with van der Waals surface area (Å²) in [4.78, 5) is 0. The van der Waals surface area contributed by atoms with Crippen molar-refractivity contribution in [2.24, 2.45) is 0 Å². The van der Waals surface area contributed by atoms with Gasteiger partial charge in [-0.3, -0.25) is 0 Å². The van der Waals surface area contributed by atoms with Crippen LogP contribution in [0.2, 0.25) is 5.02 Å². The number of unbranched alkanes of at least 4 members (excludes halogenated alkanes) is 1. The molecule has 1 N–H and O–H groups in total. The molecule has 0 fully saturated rings. The molecule has 118 valence electrons. The molecule has 0 unspecified atom stereocenters. The largest absolute Gasteiger partial charge is 0.497 e. The molecule has 2 rings (SSSR count). The van der Waals surface area contributed by atoms with Gasteiger partial charge in [0.25, 0.3) is 0 Å². The molecule has 1 atom stereocenters. The van der Waals surface area contributed by atoms with E-state index in [1.54, 1.807) is 7.11 Å². The molecule has 0 amide bonds. The van der Waals surface area contributed by atoms with Crippen molar-refractivity contribution in [2.75, 3.05) is 12.4 Å². The maximum Gasteiger partial charge on any atom is 0.119 e. The second-order valence-electron chi connectivity index (χ2n) is 5.51. The van der Waals surface area contributed by atoms with Gasteiger partial charge in [-0.1, -0.05) is 49.6 Å². The van der Waals surface area contributed by atoms with Gasteiger partial charge in [-0.15, -0.1) is 0 Å². The van der Waals surface area contributed by atoms with Crippen molar-refractivity contribution >= 4 is 17.3 Å². The van der Waals surface area contributed by atoms with Gasteiger partial charge in [0.05, 0.1) is 7.11 Å². The molecule has 0 saturated carbocycles. The SMILES string of the molecule is CCCC[C@H](Cc1ccccc1Cl)Nc1ccc(OC)cc1. The Morgan fingerprint density at radius 1 is 1.09 bits per heavy atom. The van der Waals surface area contributed by atoms with Crippen molar-refractivity contribution < 1.29 is 4.74 Å². The summed E-state index contributed by atoms with van der Waals surface area (Å²) < 4.78 is 5.21. The lowest BCUT2D eigenvalue weighted by Gasteiger charge is -2.21. The highest BCUT2D eigenvalue weighted by molar-refractivity contribution is 6.31. The monoisotopic (exact) mass is 317 g/mol. The van der Waals surface area contributed by atoms with E-state index in [2.05, 4.69) is 30.4 Å². The van der Waals surface area contributed by atoms with Gasteiger partial charge in [0.15, 0.2) is 0 Å².